The Bertz CT molecular complexity index is 742. The van der Waals surface area contributed by atoms with Crippen molar-refractivity contribution in [1.29, 1.82) is 0 Å². The van der Waals surface area contributed by atoms with Gasteiger partial charge in [-0.05, 0) is 47.3 Å². The van der Waals surface area contributed by atoms with Crippen LogP contribution in [0.4, 0.5) is 0 Å². The summed E-state index contributed by atoms with van der Waals surface area (Å²) in [5.41, 5.74) is 5.05. The van der Waals surface area contributed by atoms with Crippen LogP contribution in [0.1, 0.15) is 11.1 Å². The van der Waals surface area contributed by atoms with Gasteiger partial charge in [-0.2, -0.15) is 0 Å². The van der Waals surface area contributed by atoms with E-state index in [4.69, 9.17) is 0 Å². The fraction of sp³-hybridized carbons (Fsp3) is 0.167. The molecule has 0 amide bonds. The van der Waals surface area contributed by atoms with E-state index in [1.807, 2.05) is 6.08 Å². The van der Waals surface area contributed by atoms with Crippen LogP contribution >= 0.6 is 0 Å². The topological polar surface area (TPSA) is 0 Å². The van der Waals surface area contributed by atoms with Crippen molar-refractivity contribution in [2.24, 2.45) is 0 Å². The second-order valence-electron chi connectivity index (χ2n) is 6.53. The van der Waals surface area contributed by atoms with Gasteiger partial charge in [-0.1, -0.05) is 78.5 Å². The third kappa shape index (κ3) is 3.83. The molecule has 2 aromatic carbocycles. The highest BCUT2D eigenvalue weighted by Gasteiger charge is 2.33. The normalized spacial score (nSPS) is 10.9. The van der Waals surface area contributed by atoms with Crippen molar-refractivity contribution >= 4 is 19.3 Å². The van der Waals surface area contributed by atoms with Crippen molar-refractivity contribution in [1.82, 2.24) is 0 Å². The van der Waals surface area contributed by atoms with E-state index >= 15 is 0 Å². The molecular weight excluding hydrogens is 316 g/mol. The summed E-state index contributed by atoms with van der Waals surface area (Å²) in [5, 5.41) is 1.47. The molecule has 0 fully saturated rings. The van der Waals surface area contributed by atoms with Gasteiger partial charge in [0, 0.05) is 0 Å². The zero-order valence-corrected chi connectivity index (χ0v) is 16.3. The van der Waals surface area contributed by atoms with Gasteiger partial charge in [-0.3, -0.25) is 0 Å². The van der Waals surface area contributed by atoms with E-state index in [-0.39, 0.29) is 0 Å². The lowest BCUT2D eigenvalue weighted by Gasteiger charge is -2.32. The van der Waals surface area contributed by atoms with Crippen molar-refractivity contribution < 1.29 is 0 Å². The van der Waals surface area contributed by atoms with E-state index in [2.05, 4.69) is 93.9 Å². The Kier molecular flexibility index (Phi) is 6.55. The molecule has 0 aliphatic heterocycles. The highest BCUT2D eigenvalue weighted by Crippen LogP contribution is 2.30. The van der Waals surface area contributed by atoms with Crippen LogP contribution in [0.15, 0.2) is 87.0 Å². The lowest BCUT2D eigenvalue weighted by molar-refractivity contribution is 1.35. The first kappa shape index (κ1) is 18.9. The van der Waals surface area contributed by atoms with Gasteiger partial charge >= 0.3 is 0 Å². The summed E-state index contributed by atoms with van der Waals surface area (Å²) < 4.78 is 0. The predicted molar refractivity (Wildman–Crippen MR) is 117 cm³/mol. The number of rotatable bonds is 9. The van der Waals surface area contributed by atoms with Crippen molar-refractivity contribution in [3.05, 3.63) is 98.1 Å². The summed E-state index contributed by atoms with van der Waals surface area (Å²) in [6.07, 6.45) is 8.20. The van der Waals surface area contributed by atoms with E-state index in [1.54, 1.807) is 0 Å². The second kappa shape index (κ2) is 8.64. The second-order valence-corrected chi connectivity index (χ2v) is 10.9. The van der Waals surface area contributed by atoms with Crippen LogP contribution in [-0.2, 0) is 0 Å². The molecule has 0 saturated carbocycles. The monoisotopic (exact) mass is 344 g/mol. The third-order valence-corrected chi connectivity index (χ3v) is 9.88. The molecule has 0 aromatic heterocycles. The van der Waals surface area contributed by atoms with E-state index in [9.17, 15) is 0 Å². The van der Waals surface area contributed by atoms with Crippen LogP contribution in [0.2, 0.25) is 18.1 Å². The summed E-state index contributed by atoms with van der Waals surface area (Å²) >= 11 is 0. The summed E-state index contributed by atoms with van der Waals surface area (Å²) in [6, 6.07) is 18.2. The molecule has 0 N–H and O–H groups in total. The van der Waals surface area contributed by atoms with Gasteiger partial charge in [0.05, 0.1) is 8.07 Å². The zero-order valence-electron chi connectivity index (χ0n) is 15.3. The number of allylic oxidation sites excluding steroid dienone is 3. The lowest BCUT2D eigenvalue weighted by atomic mass is 9.96. The average Bonchev–Trinajstić information content (AvgIpc) is 2.62. The van der Waals surface area contributed by atoms with Crippen LogP contribution in [0, 0.1) is 6.92 Å². The molecule has 0 aliphatic carbocycles. The summed E-state index contributed by atoms with van der Waals surface area (Å²) in [4.78, 5) is 0. The average molecular weight is 345 g/mol. The van der Waals surface area contributed by atoms with Crippen LogP contribution < -0.4 is 5.19 Å². The van der Waals surface area contributed by atoms with E-state index < -0.39 is 8.07 Å². The molecule has 128 valence electrons. The van der Waals surface area contributed by atoms with Gasteiger partial charge in [-0.25, -0.2) is 0 Å². The van der Waals surface area contributed by atoms with Gasteiger partial charge in [0.2, 0.25) is 0 Å². The van der Waals surface area contributed by atoms with Gasteiger partial charge in [-0.15, -0.1) is 19.7 Å². The minimum Gasteiger partial charge on any atom is -0.103 e. The Morgan fingerprint density at radius 1 is 0.800 bits per heavy atom. The largest absolute Gasteiger partial charge is 0.103 e. The first-order valence-corrected chi connectivity index (χ1v) is 11.4. The predicted octanol–water partition coefficient (Wildman–Crippen LogP) is 6.52. The highest BCUT2D eigenvalue weighted by atomic mass is 28.3. The van der Waals surface area contributed by atoms with Gasteiger partial charge in [0.25, 0.3) is 0 Å². The Hall–Kier alpha value is -2.38. The fourth-order valence-electron chi connectivity index (χ4n) is 3.84. The molecular formula is C24H28Si. The smallest absolute Gasteiger partial charge is 0.0981 e. The maximum absolute atomic E-state index is 4.09. The maximum Gasteiger partial charge on any atom is 0.0981 e. The highest BCUT2D eigenvalue weighted by molar-refractivity contribution is 6.93. The molecule has 2 aromatic rings. The Labute approximate surface area is 153 Å². The third-order valence-electron chi connectivity index (χ3n) is 4.98. The first-order valence-electron chi connectivity index (χ1n) is 8.78. The molecule has 2 rings (SSSR count). The van der Waals surface area contributed by atoms with E-state index in [0.717, 1.165) is 18.1 Å². The van der Waals surface area contributed by atoms with Crippen molar-refractivity contribution in [3.63, 3.8) is 0 Å². The van der Waals surface area contributed by atoms with Crippen LogP contribution in [0.5, 0.6) is 0 Å². The molecule has 0 unspecified atom stereocenters. The van der Waals surface area contributed by atoms with E-state index in [0.29, 0.717) is 0 Å². The van der Waals surface area contributed by atoms with Crippen LogP contribution in [0.3, 0.4) is 0 Å². The van der Waals surface area contributed by atoms with Gasteiger partial charge in [0.15, 0.2) is 0 Å². The Morgan fingerprint density at radius 3 is 1.84 bits per heavy atom. The number of hydrogen-bond donors (Lipinski definition) is 0. The summed E-state index contributed by atoms with van der Waals surface area (Å²) in [7, 11) is -1.79. The van der Waals surface area contributed by atoms with Crippen LogP contribution in [0.25, 0.3) is 17.2 Å². The standard InChI is InChI=1S/C24H28Si/c1-6-17-25(18-7-2,19-8-3)24-16-15-23(22(9-4)20(24)5)21-13-11-10-12-14-21/h6-16H,1-4,17-19H2,5H3. The zero-order chi connectivity index (χ0) is 18.3. The summed E-state index contributed by atoms with van der Waals surface area (Å²) in [5.74, 6) is 0. The Balaban J connectivity index is 2.69. The quantitative estimate of drug-likeness (QED) is 0.359. The maximum atomic E-state index is 4.09. The molecule has 0 radical (unpaired) electrons. The molecule has 25 heavy (non-hydrogen) atoms. The van der Waals surface area contributed by atoms with Crippen molar-refractivity contribution in [2.45, 2.75) is 25.1 Å². The fourth-order valence-corrected chi connectivity index (χ4v) is 8.03. The SMILES string of the molecule is C=CC[Si](CC=C)(CC=C)c1ccc(-c2ccccc2)c(C=C)c1C. The molecule has 0 atom stereocenters. The summed E-state index contributed by atoms with van der Waals surface area (Å²) in [6.45, 7) is 18.4. The minimum atomic E-state index is -1.79. The van der Waals surface area contributed by atoms with Gasteiger partial charge < -0.3 is 0 Å². The number of benzene rings is 2. The molecule has 0 nitrogen and oxygen atoms in total. The molecule has 0 bridgehead atoms. The number of hydrogen-bond acceptors (Lipinski definition) is 0. The molecule has 0 aliphatic rings. The van der Waals surface area contributed by atoms with Crippen LogP contribution in [-0.4, -0.2) is 8.07 Å². The molecule has 0 heterocycles. The molecule has 1 heteroatoms. The Morgan fingerprint density at radius 2 is 1.36 bits per heavy atom. The minimum absolute atomic E-state index is 1.03. The molecule has 0 spiro atoms. The lowest BCUT2D eigenvalue weighted by Crippen LogP contribution is -2.48. The molecule has 0 saturated heterocycles. The van der Waals surface area contributed by atoms with Crippen molar-refractivity contribution in [3.8, 4) is 11.1 Å². The first-order chi connectivity index (χ1) is 12.1. The van der Waals surface area contributed by atoms with Crippen molar-refractivity contribution in [2.75, 3.05) is 0 Å². The van der Waals surface area contributed by atoms with Gasteiger partial charge in [0.1, 0.15) is 0 Å². The van der Waals surface area contributed by atoms with E-state index in [1.165, 1.54) is 27.4 Å².